The average molecular weight is 423 g/mol. The Kier molecular flexibility index (Phi) is 5.74. The Labute approximate surface area is 168 Å². The van der Waals surface area contributed by atoms with Gasteiger partial charge in [0, 0.05) is 18.8 Å². The zero-order valence-corrected chi connectivity index (χ0v) is 17.0. The molecule has 2 heterocycles. The maximum atomic E-state index is 13.0. The fourth-order valence-electron chi connectivity index (χ4n) is 3.28. The molecule has 1 aliphatic heterocycles. The van der Waals surface area contributed by atoms with E-state index in [4.69, 9.17) is 21.4 Å². The van der Waals surface area contributed by atoms with Crippen LogP contribution in [0, 0.1) is 31.1 Å². The summed E-state index contributed by atoms with van der Waals surface area (Å²) in [5.74, 6) is -0.579. The third kappa shape index (κ3) is 3.90. The molecule has 0 aliphatic carbocycles. The molecule has 28 heavy (non-hydrogen) atoms. The summed E-state index contributed by atoms with van der Waals surface area (Å²) in [6.45, 7) is 3.52. The molecule has 1 saturated heterocycles. The number of piperidine rings is 1. The van der Waals surface area contributed by atoms with Crippen molar-refractivity contribution in [2.45, 2.75) is 31.6 Å². The number of nitrogens with zero attached hydrogens (tertiary/aromatic N) is 3. The van der Waals surface area contributed by atoms with E-state index < -0.39 is 15.9 Å². The van der Waals surface area contributed by atoms with Crippen LogP contribution in [-0.2, 0) is 14.8 Å². The van der Waals surface area contributed by atoms with E-state index in [1.54, 1.807) is 19.9 Å². The minimum atomic E-state index is -3.80. The van der Waals surface area contributed by atoms with E-state index in [0.29, 0.717) is 35.8 Å². The lowest BCUT2D eigenvalue weighted by molar-refractivity contribution is -0.120. The lowest BCUT2D eigenvalue weighted by atomic mass is 9.98. The molecule has 148 valence electrons. The number of rotatable bonds is 4. The number of carbonyl (C=O) groups is 1. The van der Waals surface area contributed by atoms with Gasteiger partial charge in [0.2, 0.25) is 15.9 Å². The zero-order valence-electron chi connectivity index (χ0n) is 15.4. The molecule has 1 aromatic carbocycles. The highest BCUT2D eigenvalue weighted by Crippen LogP contribution is 2.28. The van der Waals surface area contributed by atoms with Crippen molar-refractivity contribution >= 4 is 33.2 Å². The van der Waals surface area contributed by atoms with Crippen LogP contribution in [0.3, 0.4) is 0 Å². The Morgan fingerprint density at radius 1 is 1.43 bits per heavy atom. The van der Waals surface area contributed by atoms with Crippen LogP contribution in [-0.4, -0.2) is 36.9 Å². The Morgan fingerprint density at radius 2 is 2.18 bits per heavy atom. The molecule has 0 spiro atoms. The van der Waals surface area contributed by atoms with Crippen molar-refractivity contribution in [3.8, 4) is 6.07 Å². The summed E-state index contributed by atoms with van der Waals surface area (Å²) in [5.41, 5.74) is 0.997. The number of amides is 1. The Hall–Kier alpha value is -2.41. The highest BCUT2D eigenvalue weighted by Gasteiger charge is 2.36. The number of carbonyl (C=O) groups excluding carboxylic acids is 1. The average Bonchev–Trinajstić information content (AvgIpc) is 3.02. The van der Waals surface area contributed by atoms with E-state index >= 15 is 0 Å². The van der Waals surface area contributed by atoms with Gasteiger partial charge in [-0.1, -0.05) is 16.8 Å². The van der Waals surface area contributed by atoms with Crippen LogP contribution in [0.4, 0.5) is 5.69 Å². The summed E-state index contributed by atoms with van der Waals surface area (Å²) in [5, 5.41) is 15.8. The second kappa shape index (κ2) is 7.91. The second-order valence-corrected chi connectivity index (χ2v) is 8.93. The molecule has 1 fully saturated rings. The summed E-state index contributed by atoms with van der Waals surface area (Å²) in [7, 11) is -3.80. The van der Waals surface area contributed by atoms with Crippen molar-refractivity contribution in [2.24, 2.45) is 5.92 Å². The molecule has 1 unspecified atom stereocenters. The monoisotopic (exact) mass is 422 g/mol. The van der Waals surface area contributed by atoms with Crippen molar-refractivity contribution < 1.29 is 17.7 Å². The maximum absolute atomic E-state index is 13.0. The minimum Gasteiger partial charge on any atom is -0.360 e. The number of nitriles is 1. The molecular weight excluding hydrogens is 404 g/mol. The SMILES string of the molecule is Cc1noc(C)c1S(=O)(=O)N1CCCC(C(=O)Nc2ccc(Cl)c(C#N)c2)C1. The summed E-state index contributed by atoms with van der Waals surface area (Å²) >= 11 is 5.90. The van der Waals surface area contributed by atoms with Crippen LogP contribution in [0.1, 0.15) is 29.9 Å². The lowest BCUT2D eigenvalue weighted by Gasteiger charge is -2.31. The third-order valence-electron chi connectivity index (χ3n) is 4.68. The highest BCUT2D eigenvalue weighted by molar-refractivity contribution is 7.89. The first-order valence-corrected chi connectivity index (χ1v) is 10.5. The zero-order chi connectivity index (χ0) is 20.5. The topological polar surface area (TPSA) is 116 Å². The fraction of sp³-hybridized carbons (Fsp3) is 0.389. The van der Waals surface area contributed by atoms with E-state index in [9.17, 15) is 13.2 Å². The molecule has 10 heteroatoms. The molecule has 0 saturated carbocycles. The van der Waals surface area contributed by atoms with Gasteiger partial charge in [0.1, 0.15) is 16.7 Å². The maximum Gasteiger partial charge on any atom is 0.248 e. The van der Waals surface area contributed by atoms with Gasteiger partial charge >= 0.3 is 0 Å². The Balaban J connectivity index is 1.76. The number of nitrogens with one attached hydrogen (secondary N) is 1. The van der Waals surface area contributed by atoms with Gasteiger partial charge in [-0.25, -0.2) is 8.42 Å². The number of sulfonamides is 1. The smallest absolute Gasteiger partial charge is 0.248 e. The van der Waals surface area contributed by atoms with E-state index in [0.717, 1.165) is 0 Å². The molecule has 0 bridgehead atoms. The molecule has 1 aliphatic rings. The first-order chi connectivity index (χ1) is 13.2. The van der Waals surface area contributed by atoms with Gasteiger partial charge in [0.25, 0.3) is 0 Å². The van der Waals surface area contributed by atoms with E-state index in [2.05, 4.69) is 10.5 Å². The van der Waals surface area contributed by atoms with Gasteiger partial charge in [-0.05, 0) is 44.9 Å². The van der Waals surface area contributed by atoms with E-state index in [1.807, 2.05) is 6.07 Å². The van der Waals surface area contributed by atoms with Gasteiger partial charge in [0.15, 0.2) is 5.76 Å². The van der Waals surface area contributed by atoms with Gasteiger partial charge in [-0.15, -0.1) is 0 Å². The number of anilines is 1. The van der Waals surface area contributed by atoms with E-state index in [-0.39, 0.29) is 28.7 Å². The standard InChI is InChI=1S/C18H19ClN4O4S/c1-11-17(12(2)27-22-11)28(25,26)23-7-3-4-13(10-23)18(24)21-15-5-6-16(19)14(8-15)9-20/h5-6,8,13H,3-4,7,10H2,1-2H3,(H,21,24). The predicted octanol–water partition coefficient (Wildman–Crippen LogP) is 2.86. The second-order valence-electron chi connectivity index (χ2n) is 6.65. The number of aromatic nitrogens is 1. The van der Waals surface area contributed by atoms with Crippen molar-refractivity contribution in [1.29, 1.82) is 5.26 Å². The predicted molar refractivity (Wildman–Crippen MR) is 102 cm³/mol. The molecule has 1 amide bonds. The first kappa shape index (κ1) is 20.3. The van der Waals surface area contributed by atoms with Gasteiger partial charge in [-0.3, -0.25) is 4.79 Å². The van der Waals surface area contributed by atoms with Crippen LogP contribution in [0.5, 0.6) is 0 Å². The summed E-state index contributed by atoms with van der Waals surface area (Å²) in [4.78, 5) is 12.7. The molecule has 1 atom stereocenters. The summed E-state index contributed by atoms with van der Waals surface area (Å²) in [6, 6.07) is 6.58. The number of hydrogen-bond acceptors (Lipinski definition) is 6. The summed E-state index contributed by atoms with van der Waals surface area (Å²) in [6.07, 6.45) is 1.13. The molecule has 3 rings (SSSR count). The largest absolute Gasteiger partial charge is 0.360 e. The van der Waals surface area contributed by atoms with Crippen LogP contribution in [0.15, 0.2) is 27.6 Å². The number of halogens is 1. The minimum absolute atomic E-state index is 0.0601. The van der Waals surface area contributed by atoms with Crippen LogP contribution in [0.2, 0.25) is 5.02 Å². The molecular formula is C18H19ClN4O4S. The molecule has 8 nitrogen and oxygen atoms in total. The fourth-order valence-corrected chi connectivity index (χ4v) is 5.25. The van der Waals surface area contributed by atoms with Crippen LogP contribution < -0.4 is 5.32 Å². The number of hydrogen-bond donors (Lipinski definition) is 1. The van der Waals surface area contributed by atoms with Gasteiger partial charge in [-0.2, -0.15) is 9.57 Å². The van der Waals surface area contributed by atoms with Crippen LogP contribution >= 0.6 is 11.6 Å². The Bertz CT molecular complexity index is 1040. The van der Waals surface area contributed by atoms with Crippen molar-refractivity contribution in [1.82, 2.24) is 9.46 Å². The van der Waals surface area contributed by atoms with Crippen molar-refractivity contribution in [3.63, 3.8) is 0 Å². The highest BCUT2D eigenvalue weighted by atomic mass is 35.5. The van der Waals surface area contributed by atoms with Gasteiger partial charge < -0.3 is 9.84 Å². The van der Waals surface area contributed by atoms with Crippen LogP contribution in [0.25, 0.3) is 0 Å². The quantitative estimate of drug-likeness (QED) is 0.809. The van der Waals surface area contributed by atoms with E-state index in [1.165, 1.54) is 16.4 Å². The lowest BCUT2D eigenvalue weighted by Crippen LogP contribution is -2.43. The first-order valence-electron chi connectivity index (χ1n) is 8.67. The van der Waals surface area contributed by atoms with Crippen molar-refractivity contribution in [3.05, 3.63) is 40.2 Å². The number of aryl methyl sites for hydroxylation is 2. The summed E-state index contributed by atoms with van der Waals surface area (Å²) < 4.78 is 32.2. The Morgan fingerprint density at radius 3 is 2.82 bits per heavy atom. The molecule has 2 aromatic rings. The molecule has 1 N–H and O–H groups in total. The van der Waals surface area contributed by atoms with Gasteiger partial charge in [0.05, 0.1) is 16.5 Å². The van der Waals surface area contributed by atoms with Crippen molar-refractivity contribution in [2.75, 3.05) is 18.4 Å². The third-order valence-corrected chi connectivity index (χ3v) is 7.11. The molecule has 0 radical (unpaired) electrons. The molecule has 1 aromatic heterocycles. The normalized spacial score (nSPS) is 17.9. The number of benzene rings is 1.